The first kappa shape index (κ1) is 13.4. The van der Waals surface area contributed by atoms with E-state index in [0.717, 1.165) is 0 Å². The highest BCUT2D eigenvalue weighted by Crippen LogP contribution is 2.17. The molecule has 3 N–H and O–H groups in total. The summed E-state index contributed by atoms with van der Waals surface area (Å²) in [6.45, 7) is 2.74. The summed E-state index contributed by atoms with van der Waals surface area (Å²) < 4.78 is 4.94. The van der Waals surface area contributed by atoms with Gasteiger partial charge in [0.2, 0.25) is 0 Å². The molecule has 100 valence electrons. The molecule has 2 rings (SSSR count). The zero-order valence-corrected chi connectivity index (χ0v) is 11.4. The first-order chi connectivity index (χ1) is 9.20. The maximum absolute atomic E-state index is 11.7. The summed E-state index contributed by atoms with van der Waals surface area (Å²) >= 11 is 1.66. The Balaban J connectivity index is 2.09. The van der Waals surface area contributed by atoms with E-state index in [0.29, 0.717) is 30.2 Å². The molecule has 0 amide bonds. The third-order valence-corrected chi connectivity index (χ3v) is 3.33. The average Bonchev–Trinajstić information content (AvgIpc) is 2.91. The summed E-state index contributed by atoms with van der Waals surface area (Å²) in [5.41, 5.74) is 6.38. The number of nitrogen functional groups attached to an aromatic ring is 1. The van der Waals surface area contributed by atoms with Crippen molar-refractivity contribution in [1.29, 1.82) is 0 Å². The van der Waals surface area contributed by atoms with Crippen LogP contribution < -0.4 is 11.1 Å². The lowest BCUT2D eigenvalue weighted by Crippen LogP contribution is -2.10. The molecule has 5 nitrogen and oxygen atoms in total. The Hall–Kier alpha value is -2.08. The van der Waals surface area contributed by atoms with Crippen LogP contribution in [-0.4, -0.2) is 17.6 Å². The highest BCUT2D eigenvalue weighted by atomic mass is 32.1. The zero-order chi connectivity index (χ0) is 13.7. The number of carbonyl (C=O) groups is 1. The van der Waals surface area contributed by atoms with E-state index in [4.69, 9.17) is 10.5 Å². The number of aromatic nitrogens is 1. The van der Waals surface area contributed by atoms with Gasteiger partial charge in [0, 0.05) is 4.88 Å². The van der Waals surface area contributed by atoms with Gasteiger partial charge in [0.1, 0.15) is 5.82 Å². The van der Waals surface area contributed by atoms with E-state index in [-0.39, 0.29) is 0 Å². The number of rotatable bonds is 5. The van der Waals surface area contributed by atoms with Gasteiger partial charge in [-0.15, -0.1) is 11.3 Å². The van der Waals surface area contributed by atoms with E-state index >= 15 is 0 Å². The molecule has 0 saturated heterocycles. The molecule has 0 unspecified atom stereocenters. The number of ether oxygens (including phenoxy) is 1. The van der Waals surface area contributed by atoms with Crippen LogP contribution in [0, 0.1) is 0 Å². The fraction of sp³-hybridized carbons (Fsp3) is 0.231. The van der Waals surface area contributed by atoms with Crippen LogP contribution in [0.1, 0.15) is 22.2 Å². The molecular formula is C13H15N3O2S. The van der Waals surface area contributed by atoms with Gasteiger partial charge >= 0.3 is 5.97 Å². The highest BCUT2D eigenvalue weighted by molar-refractivity contribution is 7.09. The van der Waals surface area contributed by atoms with Crippen LogP contribution in [-0.2, 0) is 11.3 Å². The van der Waals surface area contributed by atoms with E-state index < -0.39 is 5.97 Å². The predicted octanol–water partition coefficient (Wildman–Crippen LogP) is 2.51. The minimum Gasteiger partial charge on any atom is -0.462 e. The van der Waals surface area contributed by atoms with Crippen molar-refractivity contribution < 1.29 is 9.53 Å². The normalized spacial score (nSPS) is 10.2. The molecule has 2 aromatic heterocycles. The van der Waals surface area contributed by atoms with Crippen molar-refractivity contribution in [3.63, 3.8) is 0 Å². The van der Waals surface area contributed by atoms with Crippen LogP contribution >= 0.6 is 11.3 Å². The minimum atomic E-state index is -0.429. The molecule has 0 saturated carbocycles. The monoisotopic (exact) mass is 277 g/mol. The van der Waals surface area contributed by atoms with Gasteiger partial charge < -0.3 is 15.8 Å². The van der Waals surface area contributed by atoms with Crippen molar-refractivity contribution in [3.05, 3.63) is 40.2 Å². The van der Waals surface area contributed by atoms with Crippen molar-refractivity contribution in [2.75, 3.05) is 17.7 Å². The number of esters is 1. The summed E-state index contributed by atoms with van der Waals surface area (Å²) in [5, 5.41) is 5.16. The van der Waals surface area contributed by atoms with Gasteiger partial charge in [-0.2, -0.15) is 0 Å². The van der Waals surface area contributed by atoms with Crippen molar-refractivity contribution in [2.45, 2.75) is 13.5 Å². The maximum Gasteiger partial charge on any atom is 0.340 e. The van der Waals surface area contributed by atoms with Crippen LogP contribution in [0.2, 0.25) is 0 Å². The molecule has 0 fully saturated rings. The van der Waals surface area contributed by atoms with Gasteiger partial charge in [-0.25, -0.2) is 9.78 Å². The van der Waals surface area contributed by atoms with Crippen molar-refractivity contribution in [1.82, 2.24) is 4.98 Å². The second kappa shape index (κ2) is 6.19. The SMILES string of the molecule is CCOC(=O)c1cc(NCc2cccs2)ncc1N. The molecule has 0 aromatic carbocycles. The Kier molecular flexibility index (Phi) is 4.35. The Morgan fingerprint density at radius 3 is 3.11 bits per heavy atom. The third-order valence-electron chi connectivity index (χ3n) is 2.45. The largest absolute Gasteiger partial charge is 0.462 e. The summed E-state index contributed by atoms with van der Waals surface area (Å²) in [7, 11) is 0. The lowest BCUT2D eigenvalue weighted by molar-refractivity contribution is 0.0527. The number of nitrogens with zero attached hydrogens (tertiary/aromatic N) is 1. The maximum atomic E-state index is 11.7. The van der Waals surface area contributed by atoms with E-state index in [2.05, 4.69) is 10.3 Å². The molecule has 0 radical (unpaired) electrons. The Morgan fingerprint density at radius 2 is 2.42 bits per heavy atom. The molecule has 0 spiro atoms. The fourth-order valence-electron chi connectivity index (χ4n) is 1.54. The van der Waals surface area contributed by atoms with E-state index in [1.54, 1.807) is 24.3 Å². The lowest BCUT2D eigenvalue weighted by Gasteiger charge is -2.08. The van der Waals surface area contributed by atoms with Crippen LogP contribution in [0.5, 0.6) is 0 Å². The predicted molar refractivity (Wildman–Crippen MR) is 76.3 cm³/mol. The minimum absolute atomic E-state index is 0.318. The van der Waals surface area contributed by atoms with Crippen molar-refractivity contribution in [2.24, 2.45) is 0 Å². The van der Waals surface area contributed by atoms with Crippen molar-refractivity contribution in [3.8, 4) is 0 Å². The average molecular weight is 277 g/mol. The van der Waals surface area contributed by atoms with Crippen molar-refractivity contribution >= 4 is 28.8 Å². The van der Waals surface area contributed by atoms with Crippen LogP contribution in [0.15, 0.2) is 29.8 Å². The first-order valence-electron chi connectivity index (χ1n) is 5.89. The van der Waals surface area contributed by atoms with Crippen LogP contribution in [0.25, 0.3) is 0 Å². The quantitative estimate of drug-likeness (QED) is 0.821. The van der Waals surface area contributed by atoms with Gasteiger partial charge in [-0.05, 0) is 24.4 Å². The van der Waals surface area contributed by atoms with Gasteiger partial charge in [-0.1, -0.05) is 6.07 Å². The van der Waals surface area contributed by atoms with Crippen LogP contribution in [0.3, 0.4) is 0 Å². The van der Waals surface area contributed by atoms with E-state index in [1.165, 1.54) is 11.1 Å². The first-order valence-corrected chi connectivity index (χ1v) is 6.77. The Labute approximate surface area is 115 Å². The number of anilines is 2. The lowest BCUT2D eigenvalue weighted by atomic mass is 10.2. The fourth-order valence-corrected chi connectivity index (χ4v) is 2.18. The second-order valence-electron chi connectivity index (χ2n) is 3.81. The highest BCUT2D eigenvalue weighted by Gasteiger charge is 2.12. The summed E-state index contributed by atoms with van der Waals surface area (Å²) in [6.07, 6.45) is 1.46. The number of hydrogen-bond donors (Lipinski definition) is 2. The molecular weight excluding hydrogens is 262 g/mol. The number of carbonyl (C=O) groups excluding carboxylic acids is 1. The van der Waals surface area contributed by atoms with Gasteiger partial charge in [-0.3, -0.25) is 0 Å². The third kappa shape index (κ3) is 3.45. The second-order valence-corrected chi connectivity index (χ2v) is 4.84. The van der Waals surface area contributed by atoms with E-state index in [9.17, 15) is 4.79 Å². The smallest absolute Gasteiger partial charge is 0.340 e. The number of nitrogens with one attached hydrogen (secondary N) is 1. The molecule has 0 bridgehead atoms. The van der Waals surface area contributed by atoms with Gasteiger partial charge in [0.05, 0.1) is 30.6 Å². The van der Waals surface area contributed by atoms with E-state index in [1.807, 2.05) is 17.5 Å². The molecule has 0 aliphatic carbocycles. The van der Waals surface area contributed by atoms with Gasteiger partial charge in [0.25, 0.3) is 0 Å². The molecule has 2 aromatic rings. The Bertz CT molecular complexity index is 555. The van der Waals surface area contributed by atoms with Crippen LogP contribution in [0.4, 0.5) is 11.5 Å². The standard InChI is InChI=1S/C13H15N3O2S/c1-2-18-13(17)10-6-12(16-8-11(10)14)15-7-9-4-3-5-19-9/h3-6,8H,2,7,14H2,1H3,(H,15,16). The summed E-state index contributed by atoms with van der Waals surface area (Å²) in [6, 6.07) is 5.63. The molecule has 0 aliphatic heterocycles. The molecule has 0 aliphatic rings. The number of pyridine rings is 1. The topological polar surface area (TPSA) is 77.2 Å². The molecule has 0 atom stereocenters. The molecule has 2 heterocycles. The number of thiophene rings is 1. The zero-order valence-electron chi connectivity index (χ0n) is 10.6. The molecule has 6 heteroatoms. The number of hydrogen-bond acceptors (Lipinski definition) is 6. The summed E-state index contributed by atoms with van der Waals surface area (Å²) in [4.78, 5) is 17.0. The summed E-state index contributed by atoms with van der Waals surface area (Å²) in [5.74, 6) is 0.173. The molecule has 19 heavy (non-hydrogen) atoms. The number of nitrogens with two attached hydrogens (primary N) is 1. The van der Waals surface area contributed by atoms with Gasteiger partial charge in [0.15, 0.2) is 0 Å². The Morgan fingerprint density at radius 1 is 1.58 bits per heavy atom.